The molecule has 0 bridgehead atoms. The lowest BCUT2D eigenvalue weighted by Crippen LogP contribution is -2.60. The second-order valence-corrected chi connectivity index (χ2v) is 3.68. The fourth-order valence-electron chi connectivity index (χ4n) is 1.27. The number of rotatable bonds is 0. The lowest BCUT2D eigenvalue weighted by molar-refractivity contribution is -0.122. The fraction of sp³-hybridized carbons (Fsp3) is 0.286. The van der Waals surface area contributed by atoms with Gasteiger partial charge in [0.25, 0.3) is 5.91 Å². The number of fused-ring (bicyclic) bond motifs is 1. The first-order valence-corrected chi connectivity index (χ1v) is 4.48. The number of nitrogens with zero attached hydrogens (tertiary/aromatic N) is 1. The van der Waals surface area contributed by atoms with E-state index in [4.69, 9.17) is 0 Å². The fourth-order valence-corrected chi connectivity index (χ4v) is 1.68. The lowest BCUT2D eigenvalue weighted by atomic mass is 10.0. The molecule has 0 spiro atoms. The first kappa shape index (κ1) is 8.43. The van der Waals surface area contributed by atoms with Crippen molar-refractivity contribution in [2.24, 2.45) is 4.99 Å². The molecule has 6 heteroatoms. The summed E-state index contributed by atoms with van der Waals surface area (Å²) in [6.07, 6.45) is 3.30. The summed E-state index contributed by atoms with van der Waals surface area (Å²) in [7, 11) is 0. The van der Waals surface area contributed by atoms with Gasteiger partial charge in [0.1, 0.15) is 0 Å². The van der Waals surface area contributed by atoms with Gasteiger partial charge in [0.15, 0.2) is 6.04 Å². The third-order valence-corrected chi connectivity index (χ3v) is 2.31. The molecule has 5 nitrogen and oxygen atoms in total. The predicted molar refractivity (Wildman–Crippen MR) is 49.8 cm³/mol. The Hall–Kier alpha value is -1.17. The minimum absolute atomic E-state index is 0.333. The maximum absolute atomic E-state index is 11.2. The van der Waals surface area contributed by atoms with E-state index < -0.39 is 12.1 Å². The molecule has 0 aliphatic carbocycles. The van der Waals surface area contributed by atoms with Crippen LogP contribution in [0.25, 0.3) is 0 Å². The quantitative estimate of drug-likeness (QED) is 0.626. The number of halogens is 1. The van der Waals surface area contributed by atoms with E-state index in [-0.39, 0.29) is 11.9 Å². The number of carbonyl (C=O) groups excluding carboxylic acids is 2. The van der Waals surface area contributed by atoms with Gasteiger partial charge in [0, 0.05) is 10.7 Å². The molecule has 0 aromatic carbocycles. The Labute approximate surface area is 82.4 Å². The summed E-state index contributed by atoms with van der Waals surface area (Å²) in [4.78, 5) is 26.1. The van der Waals surface area contributed by atoms with Crippen LogP contribution in [0.15, 0.2) is 15.6 Å². The summed E-state index contributed by atoms with van der Waals surface area (Å²) in [5, 5.41) is 4.73. The predicted octanol–water partition coefficient (Wildman–Crippen LogP) is -0.0738. The zero-order valence-corrected chi connectivity index (χ0v) is 8.04. The van der Waals surface area contributed by atoms with Crippen molar-refractivity contribution in [3.8, 4) is 0 Å². The Balaban J connectivity index is 2.27. The van der Waals surface area contributed by atoms with E-state index in [0.29, 0.717) is 0 Å². The van der Waals surface area contributed by atoms with Crippen molar-refractivity contribution in [1.82, 2.24) is 10.6 Å². The number of hydrogen-bond acceptors (Lipinski definition) is 3. The van der Waals surface area contributed by atoms with Crippen molar-refractivity contribution in [1.29, 1.82) is 0 Å². The second kappa shape index (κ2) is 2.95. The van der Waals surface area contributed by atoms with E-state index in [1.54, 1.807) is 12.3 Å². The SMILES string of the molecule is O=C1NC(=O)C2N=CC(Br)=CC2N1. The van der Waals surface area contributed by atoms with Gasteiger partial charge in [-0.15, -0.1) is 0 Å². The van der Waals surface area contributed by atoms with E-state index in [2.05, 4.69) is 31.6 Å². The number of nitrogens with one attached hydrogen (secondary N) is 2. The standard InChI is InChI=1S/C7H6BrN3O2/c8-3-1-4-5(9-2-3)6(12)11-7(13)10-4/h1-2,4-5H,(H2,10,11,12,13). The molecule has 2 heterocycles. The molecule has 0 saturated carbocycles. The van der Waals surface area contributed by atoms with Crippen LogP contribution < -0.4 is 10.6 Å². The number of aliphatic imine (C=N–C) groups is 1. The molecule has 13 heavy (non-hydrogen) atoms. The normalized spacial score (nSPS) is 31.6. The third kappa shape index (κ3) is 1.49. The molecular formula is C7H6BrN3O2. The minimum Gasteiger partial charge on any atom is -0.329 e. The lowest BCUT2D eigenvalue weighted by Gasteiger charge is -2.28. The third-order valence-electron chi connectivity index (χ3n) is 1.84. The molecule has 1 fully saturated rings. The van der Waals surface area contributed by atoms with Crippen LogP contribution >= 0.6 is 15.9 Å². The summed E-state index contributed by atoms with van der Waals surface area (Å²) in [5.41, 5.74) is 0. The van der Waals surface area contributed by atoms with Crippen LogP contribution in [-0.2, 0) is 4.79 Å². The number of amides is 3. The van der Waals surface area contributed by atoms with Crippen LogP contribution in [0.4, 0.5) is 4.79 Å². The molecule has 2 aliphatic rings. The average Bonchev–Trinajstić information content (AvgIpc) is 2.02. The number of dihydropyridines is 1. The van der Waals surface area contributed by atoms with Crippen molar-refractivity contribution < 1.29 is 9.59 Å². The molecule has 2 rings (SSSR count). The average molecular weight is 244 g/mol. The topological polar surface area (TPSA) is 70.6 Å². The van der Waals surface area contributed by atoms with Gasteiger partial charge in [-0.05, 0) is 22.0 Å². The van der Waals surface area contributed by atoms with Crippen molar-refractivity contribution in [2.75, 3.05) is 0 Å². The van der Waals surface area contributed by atoms with E-state index >= 15 is 0 Å². The van der Waals surface area contributed by atoms with Crippen LogP contribution in [0, 0.1) is 0 Å². The van der Waals surface area contributed by atoms with Gasteiger partial charge >= 0.3 is 6.03 Å². The maximum atomic E-state index is 11.2. The highest BCUT2D eigenvalue weighted by atomic mass is 79.9. The van der Waals surface area contributed by atoms with E-state index in [1.165, 1.54) is 0 Å². The van der Waals surface area contributed by atoms with Crippen LogP contribution in [0.1, 0.15) is 0 Å². The van der Waals surface area contributed by atoms with Gasteiger partial charge in [-0.25, -0.2) is 4.79 Å². The molecule has 2 unspecified atom stereocenters. The Morgan fingerprint density at radius 3 is 3.00 bits per heavy atom. The second-order valence-electron chi connectivity index (χ2n) is 2.76. The molecule has 1 saturated heterocycles. The molecule has 2 aliphatic heterocycles. The molecule has 0 aromatic rings. The highest BCUT2D eigenvalue weighted by molar-refractivity contribution is 9.12. The minimum atomic E-state index is -0.529. The van der Waals surface area contributed by atoms with Crippen LogP contribution in [0.2, 0.25) is 0 Å². The van der Waals surface area contributed by atoms with Crippen molar-refractivity contribution >= 4 is 34.1 Å². The first-order chi connectivity index (χ1) is 6.16. The largest absolute Gasteiger partial charge is 0.329 e. The summed E-state index contributed by atoms with van der Waals surface area (Å²) in [5.74, 6) is -0.360. The van der Waals surface area contributed by atoms with Crippen molar-refractivity contribution in [3.05, 3.63) is 10.6 Å². The summed E-state index contributed by atoms with van der Waals surface area (Å²) >= 11 is 3.22. The highest BCUT2D eigenvalue weighted by Gasteiger charge is 2.35. The van der Waals surface area contributed by atoms with Gasteiger partial charge in [-0.2, -0.15) is 0 Å². The molecule has 2 N–H and O–H groups in total. The van der Waals surface area contributed by atoms with Gasteiger partial charge in [0.2, 0.25) is 0 Å². The molecule has 68 valence electrons. The van der Waals surface area contributed by atoms with Crippen molar-refractivity contribution in [3.63, 3.8) is 0 Å². The number of urea groups is 1. The Morgan fingerprint density at radius 1 is 1.46 bits per heavy atom. The Morgan fingerprint density at radius 2 is 2.23 bits per heavy atom. The van der Waals surface area contributed by atoms with Gasteiger partial charge in [0.05, 0.1) is 6.04 Å². The maximum Gasteiger partial charge on any atom is 0.322 e. The van der Waals surface area contributed by atoms with Crippen LogP contribution in [-0.4, -0.2) is 30.2 Å². The molecule has 2 atom stereocenters. The summed E-state index contributed by atoms with van der Waals surface area (Å²) < 4.78 is 0.767. The van der Waals surface area contributed by atoms with E-state index in [0.717, 1.165) is 4.48 Å². The Bertz CT molecular complexity index is 337. The van der Waals surface area contributed by atoms with Gasteiger partial charge in [-0.1, -0.05) is 0 Å². The monoisotopic (exact) mass is 243 g/mol. The van der Waals surface area contributed by atoms with Crippen LogP contribution in [0.3, 0.4) is 0 Å². The Kier molecular flexibility index (Phi) is 1.91. The zero-order valence-electron chi connectivity index (χ0n) is 6.45. The van der Waals surface area contributed by atoms with E-state index in [1.807, 2.05) is 0 Å². The van der Waals surface area contributed by atoms with Gasteiger partial charge in [-0.3, -0.25) is 15.1 Å². The number of hydrogen-bond donors (Lipinski definition) is 2. The first-order valence-electron chi connectivity index (χ1n) is 3.68. The smallest absolute Gasteiger partial charge is 0.322 e. The summed E-state index contributed by atoms with van der Waals surface area (Å²) in [6, 6.07) is -1.33. The highest BCUT2D eigenvalue weighted by Crippen LogP contribution is 2.15. The number of imide groups is 1. The zero-order chi connectivity index (χ0) is 9.42. The molecule has 3 amide bonds. The molecule has 0 radical (unpaired) electrons. The van der Waals surface area contributed by atoms with E-state index in [9.17, 15) is 9.59 Å². The summed E-state index contributed by atoms with van der Waals surface area (Å²) in [6.45, 7) is 0. The van der Waals surface area contributed by atoms with Gasteiger partial charge < -0.3 is 5.32 Å². The number of allylic oxidation sites excluding steroid dienone is 1. The van der Waals surface area contributed by atoms with Crippen molar-refractivity contribution in [2.45, 2.75) is 12.1 Å². The molecule has 0 aromatic heterocycles. The van der Waals surface area contributed by atoms with Crippen LogP contribution in [0.5, 0.6) is 0 Å². The molecular weight excluding hydrogens is 238 g/mol. The number of carbonyl (C=O) groups is 2.